The van der Waals surface area contributed by atoms with Crippen molar-refractivity contribution < 1.29 is 22.3 Å². The Morgan fingerprint density at radius 3 is 2.29 bits per heavy atom. The van der Waals surface area contributed by atoms with Gasteiger partial charge in [-0.05, 0) is 55.3 Å². The Morgan fingerprint density at radius 2 is 1.67 bits per heavy atom. The van der Waals surface area contributed by atoms with Crippen molar-refractivity contribution in [1.29, 1.82) is 0 Å². The van der Waals surface area contributed by atoms with E-state index in [-0.39, 0.29) is 16.9 Å². The molecule has 6 heteroatoms. The summed E-state index contributed by atoms with van der Waals surface area (Å²) in [5.74, 6) is -0.0443. The zero-order valence-corrected chi connectivity index (χ0v) is 12.9. The van der Waals surface area contributed by atoms with Gasteiger partial charge < -0.3 is 9.15 Å². The smallest absolute Gasteiger partial charge is 0.456 e. The Labute approximate surface area is 135 Å². The molecule has 0 aliphatic carbocycles. The molecule has 1 heterocycles. The first-order chi connectivity index (χ1) is 11.2. The first kappa shape index (κ1) is 16.1. The van der Waals surface area contributed by atoms with Crippen molar-refractivity contribution in [2.24, 2.45) is 0 Å². The molecule has 0 fully saturated rings. The fraction of sp³-hybridized carbons (Fsp3) is 0.167. The van der Waals surface area contributed by atoms with Gasteiger partial charge in [-0.3, -0.25) is 4.79 Å². The maximum atomic E-state index is 12.3. The maximum Gasteiger partial charge on any atom is 0.573 e. The molecule has 3 aromatic rings. The first-order valence-corrected chi connectivity index (χ1v) is 7.14. The van der Waals surface area contributed by atoms with Gasteiger partial charge in [0.25, 0.3) is 0 Å². The highest BCUT2D eigenvalue weighted by atomic mass is 19.4. The monoisotopic (exact) mass is 334 g/mol. The molecule has 3 rings (SSSR count). The van der Waals surface area contributed by atoms with Crippen molar-refractivity contribution in [2.75, 3.05) is 0 Å². The third kappa shape index (κ3) is 3.27. The highest BCUT2D eigenvalue weighted by Gasteiger charge is 2.31. The summed E-state index contributed by atoms with van der Waals surface area (Å²) in [5, 5.41) is 0.501. The van der Waals surface area contributed by atoms with Crippen LogP contribution in [0.4, 0.5) is 13.2 Å². The van der Waals surface area contributed by atoms with Crippen LogP contribution in [-0.2, 0) is 0 Å². The lowest BCUT2D eigenvalue weighted by molar-refractivity contribution is -0.274. The van der Waals surface area contributed by atoms with Crippen LogP contribution in [0, 0.1) is 13.8 Å². The highest BCUT2D eigenvalue weighted by Crippen LogP contribution is 2.28. The molecule has 0 atom stereocenters. The molecular weight excluding hydrogens is 321 g/mol. The standard InChI is InChI=1S/C18H13F3O3/c1-10-7-11(2)17-14(22)9-15(23-16(17)8-10)12-3-5-13(6-4-12)24-18(19,20)21/h3-9H,1-2H3. The summed E-state index contributed by atoms with van der Waals surface area (Å²) < 4.78 is 46.2. The molecule has 0 saturated carbocycles. The second-order valence-electron chi connectivity index (χ2n) is 5.50. The largest absolute Gasteiger partial charge is 0.573 e. The lowest BCUT2D eigenvalue weighted by Crippen LogP contribution is -2.16. The van der Waals surface area contributed by atoms with Crippen molar-refractivity contribution in [3.8, 4) is 17.1 Å². The molecule has 3 nitrogen and oxygen atoms in total. The molecule has 1 aromatic heterocycles. The molecule has 0 spiro atoms. The third-order valence-corrected chi connectivity index (χ3v) is 3.54. The van der Waals surface area contributed by atoms with Crippen molar-refractivity contribution >= 4 is 11.0 Å². The van der Waals surface area contributed by atoms with Gasteiger partial charge in [0, 0.05) is 11.6 Å². The molecule has 0 saturated heterocycles. The van der Waals surface area contributed by atoms with Gasteiger partial charge in [0.15, 0.2) is 5.43 Å². The van der Waals surface area contributed by atoms with Gasteiger partial charge >= 0.3 is 6.36 Å². The predicted octanol–water partition coefficient (Wildman–Crippen LogP) is 4.98. The molecule has 24 heavy (non-hydrogen) atoms. The van der Waals surface area contributed by atoms with Crippen molar-refractivity contribution in [2.45, 2.75) is 20.2 Å². The minimum absolute atomic E-state index is 0.195. The highest BCUT2D eigenvalue weighted by molar-refractivity contribution is 5.82. The Hall–Kier alpha value is -2.76. The second kappa shape index (κ2) is 5.70. The van der Waals surface area contributed by atoms with Crippen LogP contribution in [0.2, 0.25) is 0 Å². The van der Waals surface area contributed by atoms with Crippen LogP contribution >= 0.6 is 0 Å². The summed E-state index contributed by atoms with van der Waals surface area (Å²) >= 11 is 0. The summed E-state index contributed by atoms with van der Waals surface area (Å²) in [6.45, 7) is 3.72. The van der Waals surface area contributed by atoms with Gasteiger partial charge in [-0.15, -0.1) is 13.2 Å². The van der Waals surface area contributed by atoms with Gasteiger partial charge in [0.2, 0.25) is 0 Å². The average Bonchev–Trinajstić information content (AvgIpc) is 2.45. The van der Waals surface area contributed by atoms with Crippen LogP contribution in [0.15, 0.2) is 51.7 Å². The summed E-state index contributed by atoms with van der Waals surface area (Å²) in [5.41, 5.74) is 2.51. The van der Waals surface area contributed by atoms with E-state index in [0.717, 1.165) is 11.1 Å². The van der Waals surface area contributed by atoms with E-state index in [2.05, 4.69) is 4.74 Å². The lowest BCUT2D eigenvalue weighted by Gasteiger charge is -2.09. The van der Waals surface area contributed by atoms with Crippen LogP contribution < -0.4 is 10.2 Å². The van der Waals surface area contributed by atoms with E-state index < -0.39 is 6.36 Å². The predicted molar refractivity (Wildman–Crippen MR) is 84.1 cm³/mol. The van der Waals surface area contributed by atoms with E-state index in [1.807, 2.05) is 19.9 Å². The average molecular weight is 334 g/mol. The van der Waals surface area contributed by atoms with Gasteiger partial charge in [-0.2, -0.15) is 0 Å². The molecule has 0 aliphatic rings. The van der Waals surface area contributed by atoms with Crippen LogP contribution in [0.25, 0.3) is 22.3 Å². The number of halogens is 3. The normalized spacial score (nSPS) is 11.7. The number of fused-ring (bicyclic) bond motifs is 1. The van der Waals surface area contributed by atoms with E-state index in [0.29, 0.717) is 16.5 Å². The Morgan fingerprint density at radius 1 is 1.00 bits per heavy atom. The zero-order chi connectivity index (χ0) is 17.5. The van der Waals surface area contributed by atoms with Crippen LogP contribution in [-0.4, -0.2) is 6.36 Å². The first-order valence-electron chi connectivity index (χ1n) is 7.14. The molecular formula is C18H13F3O3. The van der Waals surface area contributed by atoms with E-state index in [4.69, 9.17) is 4.42 Å². The Balaban J connectivity index is 2.05. The van der Waals surface area contributed by atoms with Gasteiger partial charge in [-0.25, -0.2) is 0 Å². The summed E-state index contributed by atoms with van der Waals surface area (Å²) in [6.07, 6.45) is -4.74. The topological polar surface area (TPSA) is 39.4 Å². The fourth-order valence-electron chi connectivity index (χ4n) is 2.63. The van der Waals surface area contributed by atoms with E-state index >= 15 is 0 Å². The number of hydrogen-bond donors (Lipinski definition) is 0. The van der Waals surface area contributed by atoms with Crippen molar-refractivity contribution in [3.63, 3.8) is 0 Å². The number of aryl methyl sites for hydroxylation is 2. The molecule has 0 radical (unpaired) electrons. The Bertz CT molecular complexity index is 954. The fourth-order valence-corrected chi connectivity index (χ4v) is 2.63. The minimum Gasteiger partial charge on any atom is -0.456 e. The lowest BCUT2D eigenvalue weighted by atomic mass is 10.1. The molecule has 0 amide bonds. The van der Waals surface area contributed by atoms with E-state index in [1.54, 1.807) is 6.07 Å². The number of ether oxygens (including phenoxy) is 1. The van der Waals surface area contributed by atoms with E-state index in [9.17, 15) is 18.0 Å². The molecule has 0 unspecified atom stereocenters. The van der Waals surface area contributed by atoms with Crippen LogP contribution in [0.5, 0.6) is 5.75 Å². The van der Waals surface area contributed by atoms with Crippen molar-refractivity contribution in [3.05, 3.63) is 63.8 Å². The van der Waals surface area contributed by atoms with Crippen molar-refractivity contribution in [1.82, 2.24) is 0 Å². The summed E-state index contributed by atoms with van der Waals surface area (Å²) in [4.78, 5) is 12.3. The number of alkyl halides is 3. The molecule has 124 valence electrons. The maximum absolute atomic E-state index is 12.3. The number of rotatable bonds is 2. The SMILES string of the molecule is Cc1cc(C)c2c(=O)cc(-c3ccc(OC(F)(F)F)cc3)oc2c1. The molecule has 0 bridgehead atoms. The van der Waals surface area contributed by atoms with E-state index in [1.165, 1.54) is 30.3 Å². The molecule has 0 aliphatic heterocycles. The zero-order valence-electron chi connectivity index (χ0n) is 12.9. The molecule has 0 N–H and O–H groups in total. The summed E-state index contributed by atoms with van der Waals surface area (Å²) in [6, 6.07) is 10.2. The number of hydrogen-bond acceptors (Lipinski definition) is 3. The minimum atomic E-state index is -4.74. The van der Waals surface area contributed by atoms with Gasteiger partial charge in [0.05, 0.1) is 5.39 Å². The van der Waals surface area contributed by atoms with Gasteiger partial charge in [-0.1, -0.05) is 6.07 Å². The Kier molecular flexibility index (Phi) is 3.83. The third-order valence-electron chi connectivity index (χ3n) is 3.54. The summed E-state index contributed by atoms with van der Waals surface area (Å²) in [7, 11) is 0. The molecule has 2 aromatic carbocycles. The second-order valence-corrected chi connectivity index (χ2v) is 5.50. The quantitative estimate of drug-likeness (QED) is 0.664. The van der Waals surface area contributed by atoms with Gasteiger partial charge in [0.1, 0.15) is 17.1 Å². The van der Waals surface area contributed by atoms with Crippen LogP contribution in [0.3, 0.4) is 0 Å². The number of benzene rings is 2. The van der Waals surface area contributed by atoms with Crippen LogP contribution in [0.1, 0.15) is 11.1 Å².